The van der Waals surface area contributed by atoms with Crippen molar-refractivity contribution >= 4 is 43.2 Å². The fourth-order valence-corrected chi connectivity index (χ4v) is 12.1. The minimum absolute atomic E-state index is 0.901. The molecule has 3 aromatic rings. The van der Waals surface area contributed by atoms with E-state index in [0.717, 1.165) is 5.02 Å². The molecule has 0 aliphatic rings. The first-order valence-corrected chi connectivity index (χ1v) is 12.1. The first kappa shape index (κ1) is 13.8. The molecular formula is C18H14BiCl. The summed E-state index contributed by atoms with van der Waals surface area (Å²) in [6.07, 6.45) is 0. The van der Waals surface area contributed by atoms with Crippen molar-refractivity contribution in [1.82, 2.24) is 0 Å². The molecule has 0 saturated heterocycles. The Labute approximate surface area is 132 Å². The van der Waals surface area contributed by atoms with Crippen LogP contribution in [0.5, 0.6) is 0 Å². The predicted octanol–water partition coefficient (Wildman–Crippen LogP) is 2.86. The summed E-state index contributed by atoms with van der Waals surface area (Å²) in [5, 5.41) is 0.901. The van der Waals surface area contributed by atoms with Crippen LogP contribution in [0.2, 0.25) is 5.02 Å². The summed E-state index contributed by atoms with van der Waals surface area (Å²) in [5.74, 6) is 0. The average molecular weight is 475 g/mol. The predicted molar refractivity (Wildman–Crippen MR) is 89.0 cm³/mol. The van der Waals surface area contributed by atoms with Gasteiger partial charge in [0.2, 0.25) is 0 Å². The third kappa shape index (κ3) is 2.95. The third-order valence-electron chi connectivity index (χ3n) is 3.12. The standard InChI is InChI=1S/C6H4Cl.2C6H5.Bi/c7-6-4-2-1-3-5-6;2*1-2-4-6-5-3-1;/h1-4H;2*1-5H;. The number of hydrogen-bond acceptors (Lipinski definition) is 0. The van der Waals surface area contributed by atoms with E-state index >= 15 is 0 Å². The van der Waals surface area contributed by atoms with E-state index in [-0.39, 0.29) is 0 Å². The van der Waals surface area contributed by atoms with Crippen molar-refractivity contribution in [1.29, 1.82) is 0 Å². The number of halogens is 1. The van der Waals surface area contributed by atoms with Crippen LogP contribution in [0.3, 0.4) is 0 Å². The molecule has 2 heteroatoms. The molecule has 0 aliphatic heterocycles. The monoisotopic (exact) mass is 474 g/mol. The van der Waals surface area contributed by atoms with Crippen molar-refractivity contribution in [3.05, 3.63) is 90.0 Å². The van der Waals surface area contributed by atoms with E-state index in [9.17, 15) is 0 Å². The van der Waals surface area contributed by atoms with E-state index in [1.807, 2.05) is 12.1 Å². The fourth-order valence-electron chi connectivity index (χ4n) is 2.21. The van der Waals surface area contributed by atoms with Gasteiger partial charge < -0.3 is 0 Å². The molecular weight excluding hydrogens is 461 g/mol. The van der Waals surface area contributed by atoms with Gasteiger partial charge in [0.1, 0.15) is 0 Å². The second-order valence-corrected chi connectivity index (χ2v) is 13.4. The van der Waals surface area contributed by atoms with Crippen LogP contribution in [0.1, 0.15) is 0 Å². The molecule has 0 spiro atoms. The summed E-state index contributed by atoms with van der Waals surface area (Å²) < 4.78 is 4.27. The maximum atomic E-state index is 6.47. The minimum atomic E-state index is -2.25. The quantitative estimate of drug-likeness (QED) is 0.512. The van der Waals surface area contributed by atoms with Crippen LogP contribution >= 0.6 is 11.6 Å². The van der Waals surface area contributed by atoms with E-state index in [1.54, 1.807) is 0 Å². The first-order valence-electron chi connectivity index (χ1n) is 6.51. The summed E-state index contributed by atoms with van der Waals surface area (Å²) in [7, 11) is 0. The maximum absolute atomic E-state index is 6.47. The Kier molecular flexibility index (Phi) is 4.50. The van der Waals surface area contributed by atoms with E-state index in [1.165, 1.54) is 9.81 Å². The molecule has 0 aromatic heterocycles. The van der Waals surface area contributed by atoms with Crippen molar-refractivity contribution in [2.75, 3.05) is 0 Å². The fraction of sp³-hybridized carbons (Fsp3) is 0. The van der Waals surface area contributed by atoms with E-state index in [4.69, 9.17) is 11.6 Å². The Morgan fingerprint density at radius 3 is 1.50 bits per heavy atom. The Balaban J connectivity index is 2.17. The second kappa shape index (κ2) is 6.52. The summed E-state index contributed by atoms with van der Waals surface area (Å²) in [4.78, 5) is 0. The van der Waals surface area contributed by atoms with Crippen molar-refractivity contribution in [2.45, 2.75) is 0 Å². The number of benzene rings is 3. The van der Waals surface area contributed by atoms with Crippen LogP contribution in [0.15, 0.2) is 84.9 Å². The Morgan fingerprint density at radius 1 is 0.550 bits per heavy atom. The molecule has 0 bridgehead atoms. The molecule has 0 fully saturated rings. The van der Waals surface area contributed by atoms with Crippen molar-refractivity contribution < 1.29 is 0 Å². The normalized spacial score (nSPS) is 10.7. The van der Waals surface area contributed by atoms with Gasteiger partial charge in [-0.3, -0.25) is 0 Å². The van der Waals surface area contributed by atoms with Crippen molar-refractivity contribution in [3.8, 4) is 0 Å². The Morgan fingerprint density at radius 2 is 1.00 bits per heavy atom. The topological polar surface area (TPSA) is 0 Å². The van der Waals surface area contributed by atoms with E-state index in [0.29, 0.717) is 0 Å². The summed E-state index contributed by atoms with van der Waals surface area (Å²) in [6, 6.07) is 29.9. The Hall–Kier alpha value is -1.17. The second-order valence-electron chi connectivity index (χ2n) is 4.46. The molecule has 0 atom stereocenters. The molecule has 0 aliphatic carbocycles. The average Bonchev–Trinajstić information content (AvgIpc) is 2.52. The van der Waals surface area contributed by atoms with Gasteiger partial charge in [0.05, 0.1) is 0 Å². The summed E-state index contributed by atoms with van der Waals surface area (Å²) in [6.45, 7) is 0. The van der Waals surface area contributed by atoms with E-state index in [2.05, 4.69) is 72.8 Å². The molecule has 0 nitrogen and oxygen atoms in total. The van der Waals surface area contributed by atoms with Gasteiger partial charge in [-0.25, -0.2) is 0 Å². The van der Waals surface area contributed by atoms with Gasteiger partial charge in [-0.2, -0.15) is 0 Å². The van der Waals surface area contributed by atoms with Gasteiger partial charge in [-0.15, -0.1) is 0 Å². The van der Waals surface area contributed by atoms with Crippen LogP contribution in [-0.2, 0) is 0 Å². The zero-order chi connectivity index (χ0) is 13.8. The number of hydrogen-bond donors (Lipinski definition) is 0. The van der Waals surface area contributed by atoms with Crippen LogP contribution in [0.25, 0.3) is 0 Å². The molecule has 0 heterocycles. The SMILES string of the molecule is Clc1cccc[c]1[Bi]([c]1ccccc1)[c]1ccccc1. The molecule has 0 N–H and O–H groups in total. The van der Waals surface area contributed by atoms with Gasteiger partial charge >= 0.3 is 133 Å². The zero-order valence-electron chi connectivity index (χ0n) is 10.9. The van der Waals surface area contributed by atoms with E-state index < -0.39 is 21.8 Å². The van der Waals surface area contributed by atoms with Crippen LogP contribution in [-0.4, -0.2) is 21.8 Å². The van der Waals surface area contributed by atoms with Crippen LogP contribution < -0.4 is 9.81 Å². The van der Waals surface area contributed by atoms with Gasteiger partial charge in [-0.05, 0) is 0 Å². The summed E-state index contributed by atoms with van der Waals surface area (Å²) >= 11 is 4.22. The molecule has 0 amide bonds. The molecule has 0 unspecified atom stereocenters. The molecule has 3 rings (SSSR count). The van der Waals surface area contributed by atoms with Crippen LogP contribution in [0.4, 0.5) is 0 Å². The molecule has 0 radical (unpaired) electrons. The van der Waals surface area contributed by atoms with Gasteiger partial charge in [0.25, 0.3) is 0 Å². The third-order valence-corrected chi connectivity index (χ3v) is 13.7. The summed E-state index contributed by atoms with van der Waals surface area (Å²) in [5.41, 5.74) is 0. The molecule has 3 aromatic carbocycles. The van der Waals surface area contributed by atoms with Crippen LogP contribution in [0, 0.1) is 0 Å². The molecule has 98 valence electrons. The molecule has 20 heavy (non-hydrogen) atoms. The Bertz CT molecular complexity index is 641. The zero-order valence-corrected chi connectivity index (χ0v) is 15.1. The van der Waals surface area contributed by atoms with Crippen molar-refractivity contribution in [3.63, 3.8) is 0 Å². The molecule has 0 saturated carbocycles. The van der Waals surface area contributed by atoms with Gasteiger partial charge in [-0.1, -0.05) is 0 Å². The van der Waals surface area contributed by atoms with Gasteiger partial charge in [0.15, 0.2) is 0 Å². The van der Waals surface area contributed by atoms with Crippen molar-refractivity contribution in [2.24, 2.45) is 0 Å². The number of rotatable bonds is 3. The first-order chi connectivity index (χ1) is 9.86. The van der Waals surface area contributed by atoms with Gasteiger partial charge in [0, 0.05) is 0 Å².